The van der Waals surface area contributed by atoms with Crippen LogP contribution in [0.4, 0.5) is 0 Å². The quantitative estimate of drug-likeness (QED) is 0.155. The Balaban J connectivity index is 0.920. The Morgan fingerprint density at radius 1 is 0.276 bits per heavy atom. The van der Waals surface area contributed by atoms with Gasteiger partial charge in [-0.2, -0.15) is 0 Å². The van der Waals surface area contributed by atoms with Gasteiger partial charge in [-0.3, -0.25) is 0 Å². The van der Waals surface area contributed by atoms with Gasteiger partial charge in [-0.1, -0.05) is 182 Å². The fraction of sp³-hybridized carbons (Fsp3) is 0.0175. The van der Waals surface area contributed by atoms with Crippen LogP contribution in [0.25, 0.3) is 105 Å². The van der Waals surface area contributed by atoms with Crippen molar-refractivity contribution < 1.29 is 0 Å². The van der Waals surface area contributed by atoms with Gasteiger partial charge in [0.1, 0.15) is 0 Å². The minimum Gasteiger partial charge on any atom is -0.309 e. The van der Waals surface area contributed by atoms with E-state index in [1.54, 1.807) is 0 Å². The average Bonchev–Trinajstić information content (AvgIpc) is 3.84. The van der Waals surface area contributed by atoms with E-state index in [4.69, 9.17) is 0 Å². The van der Waals surface area contributed by atoms with Crippen LogP contribution < -0.4 is 0 Å². The lowest BCUT2D eigenvalue weighted by Crippen LogP contribution is -1.94. The molecule has 0 bridgehead atoms. The van der Waals surface area contributed by atoms with Gasteiger partial charge in [0.05, 0.1) is 11.0 Å². The van der Waals surface area contributed by atoms with Crippen molar-refractivity contribution in [3.63, 3.8) is 0 Å². The number of hydrogen-bond acceptors (Lipinski definition) is 0. The highest BCUT2D eigenvalue weighted by molar-refractivity contribution is 6.21. The summed E-state index contributed by atoms with van der Waals surface area (Å²) in [4.78, 5) is 0. The van der Waals surface area contributed by atoms with Gasteiger partial charge in [-0.05, 0) is 125 Å². The highest BCUT2D eigenvalue weighted by Gasteiger charge is 2.20. The van der Waals surface area contributed by atoms with Crippen molar-refractivity contribution in [3.05, 3.63) is 223 Å². The van der Waals surface area contributed by atoms with Crippen LogP contribution >= 0.6 is 0 Å². The average molecular weight is 736 g/mol. The molecule has 0 aliphatic heterocycles. The summed E-state index contributed by atoms with van der Waals surface area (Å²) in [7, 11) is 0. The Hall–Kier alpha value is -7.48. The maximum atomic E-state index is 2.42. The molecule has 0 radical (unpaired) electrons. The Morgan fingerprint density at radius 2 is 0.741 bits per heavy atom. The topological polar surface area (TPSA) is 4.93 Å². The molecule has 0 atom stereocenters. The smallest absolute Gasteiger partial charge is 0.0541 e. The minimum atomic E-state index is 1.01. The molecule has 0 saturated heterocycles. The molecule has 10 aromatic carbocycles. The lowest BCUT2D eigenvalue weighted by atomic mass is 9.86. The molecule has 12 rings (SSSR count). The van der Waals surface area contributed by atoms with Gasteiger partial charge < -0.3 is 4.57 Å². The third-order valence-electron chi connectivity index (χ3n) is 12.4. The van der Waals surface area contributed by atoms with Gasteiger partial charge in [0.2, 0.25) is 0 Å². The minimum absolute atomic E-state index is 1.01. The molecule has 0 amide bonds. The molecule has 0 fully saturated rings. The number of aromatic nitrogens is 1. The van der Waals surface area contributed by atoms with E-state index in [1.165, 1.54) is 110 Å². The van der Waals surface area contributed by atoms with E-state index >= 15 is 0 Å². The lowest BCUT2D eigenvalue weighted by molar-refractivity contribution is 1.18. The van der Waals surface area contributed by atoms with E-state index in [0.29, 0.717) is 0 Å². The molecular weight excluding hydrogens is 699 g/mol. The molecule has 1 aromatic heterocycles. The first-order valence-electron chi connectivity index (χ1n) is 20.2. The molecule has 0 spiro atoms. The second kappa shape index (κ2) is 13.0. The standard InChI is InChI=1S/C57H37N/c1-2-12-39(13-3-1)56-49-17-6-8-19-51(49)57(52-20-9-7-18-50(52)56)40-26-30-45(31-27-40)58-54-21-11-10-16-48(54)53-36-42(29-33-55(53)58)38-24-22-37(23-25-38)41-28-32-47-44(34-41)35-43-14-4-5-15-46(43)47/h1-34,36H,35H2. The molecule has 1 aliphatic rings. The highest BCUT2D eigenvalue weighted by Crippen LogP contribution is 2.44. The normalized spacial score (nSPS) is 12.1. The molecule has 0 N–H and O–H groups in total. The van der Waals surface area contributed by atoms with E-state index in [1.807, 2.05) is 0 Å². The first-order valence-corrected chi connectivity index (χ1v) is 20.2. The van der Waals surface area contributed by atoms with E-state index in [0.717, 1.165) is 12.1 Å². The lowest BCUT2D eigenvalue weighted by Gasteiger charge is -2.18. The van der Waals surface area contributed by atoms with Gasteiger partial charge >= 0.3 is 0 Å². The fourth-order valence-corrected chi connectivity index (χ4v) is 9.74. The summed E-state index contributed by atoms with van der Waals surface area (Å²) in [5.74, 6) is 0. The van der Waals surface area contributed by atoms with Gasteiger partial charge in [0, 0.05) is 16.5 Å². The molecule has 58 heavy (non-hydrogen) atoms. The zero-order valence-electron chi connectivity index (χ0n) is 31.9. The Labute approximate surface area is 337 Å². The van der Waals surface area contributed by atoms with Crippen molar-refractivity contribution in [2.24, 2.45) is 0 Å². The van der Waals surface area contributed by atoms with Gasteiger partial charge in [0.15, 0.2) is 0 Å². The molecule has 11 aromatic rings. The summed E-state index contributed by atoms with van der Waals surface area (Å²) < 4.78 is 2.42. The highest BCUT2D eigenvalue weighted by atomic mass is 15.0. The van der Waals surface area contributed by atoms with Crippen molar-refractivity contribution in [1.82, 2.24) is 4.57 Å². The third-order valence-corrected chi connectivity index (χ3v) is 12.4. The number of benzene rings is 10. The molecule has 0 saturated carbocycles. The zero-order chi connectivity index (χ0) is 38.2. The summed E-state index contributed by atoms with van der Waals surface area (Å²) >= 11 is 0. The maximum Gasteiger partial charge on any atom is 0.0541 e. The van der Waals surface area contributed by atoms with Gasteiger partial charge in [-0.15, -0.1) is 0 Å². The Bertz CT molecular complexity index is 3330. The van der Waals surface area contributed by atoms with Crippen LogP contribution in [-0.4, -0.2) is 4.57 Å². The van der Waals surface area contributed by atoms with E-state index in [9.17, 15) is 0 Å². The van der Waals surface area contributed by atoms with Crippen LogP contribution in [0.15, 0.2) is 212 Å². The van der Waals surface area contributed by atoms with E-state index < -0.39 is 0 Å². The summed E-state index contributed by atoms with van der Waals surface area (Å²) in [5, 5.41) is 7.59. The predicted octanol–water partition coefficient (Wildman–Crippen LogP) is 15.3. The number of fused-ring (bicyclic) bond motifs is 8. The van der Waals surface area contributed by atoms with Gasteiger partial charge in [-0.25, -0.2) is 0 Å². The SMILES string of the molecule is c1ccc(-c2c3ccccc3c(-c3ccc(-n4c5ccccc5c5cc(-c6ccc(-c7ccc8c(c7)Cc7ccccc7-8)cc6)ccc54)cc3)c3ccccc23)cc1. The molecular formula is C57H37N. The maximum absolute atomic E-state index is 2.42. The summed E-state index contributed by atoms with van der Waals surface area (Å²) in [5.41, 5.74) is 19.1. The summed E-state index contributed by atoms with van der Waals surface area (Å²) in [6.45, 7) is 0. The molecule has 1 aliphatic carbocycles. The Kier molecular flexibility index (Phi) is 7.36. The number of hydrogen-bond donors (Lipinski definition) is 0. The first kappa shape index (κ1) is 32.7. The molecule has 0 unspecified atom stereocenters. The second-order valence-corrected chi connectivity index (χ2v) is 15.6. The van der Waals surface area contributed by atoms with Crippen LogP contribution in [0, 0.1) is 0 Å². The van der Waals surface area contributed by atoms with Crippen molar-refractivity contribution >= 4 is 43.4 Å². The van der Waals surface area contributed by atoms with E-state index in [2.05, 4.69) is 217 Å². The summed E-state index contributed by atoms with van der Waals surface area (Å²) in [6, 6.07) is 78.4. The number of para-hydroxylation sites is 1. The van der Waals surface area contributed by atoms with Crippen molar-refractivity contribution in [2.45, 2.75) is 6.42 Å². The van der Waals surface area contributed by atoms with E-state index in [-0.39, 0.29) is 0 Å². The molecule has 1 heterocycles. The fourth-order valence-electron chi connectivity index (χ4n) is 9.74. The van der Waals surface area contributed by atoms with Gasteiger partial charge in [0.25, 0.3) is 0 Å². The van der Waals surface area contributed by atoms with Crippen LogP contribution in [0.5, 0.6) is 0 Å². The second-order valence-electron chi connectivity index (χ2n) is 15.6. The molecule has 270 valence electrons. The van der Waals surface area contributed by atoms with Crippen molar-refractivity contribution in [1.29, 1.82) is 0 Å². The monoisotopic (exact) mass is 735 g/mol. The zero-order valence-corrected chi connectivity index (χ0v) is 31.9. The number of nitrogens with zero attached hydrogens (tertiary/aromatic N) is 1. The summed E-state index contributed by atoms with van der Waals surface area (Å²) in [6.07, 6.45) is 1.01. The largest absolute Gasteiger partial charge is 0.309 e. The van der Waals surface area contributed by atoms with Crippen LogP contribution in [-0.2, 0) is 6.42 Å². The molecule has 1 heteroatoms. The number of rotatable bonds is 5. The van der Waals surface area contributed by atoms with Crippen LogP contribution in [0.1, 0.15) is 11.1 Å². The molecule has 1 nitrogen and oxygen atoms in total. The van der Waals surface area contributed by atoms with Crippen LogP contribution in [0.3, 0.4) is 0 Å². The third kappa shape index (κ3) is 5.10. The predicted molar refractivity (Wildman–Crippen MR) is 246 cm³/mol. The van der Waals surface area contributed by atoms with Crippen LogP contribution in [0.2, 0.25) is 0 Å². The van der Waals surface area contributed by atoms with Crippen molar-refractivity contribution in [3.8, 4) is 61.3 Å². The Morgan fingerprint density at radius 3 is 1.41 bits per heavy atom. The van der Waals surface area contributed by atoms with Crippen molar-refractivity contribution in [2.75, 3.05) is 0 Å². The first-order chi connectivity index (χ1) is 28.8.